The number of carbonyl (C=O) groups excluding carboxylic acids is 1. The summed E-state index contributed by atoms with van der Waals surface area (Å²) in [6.45, 7) is 2.08. The molecule has 0 saturated heterocycles. The number of nitrogens with zero attached hydrogens (tertiary/aromatic N) is 2. The molecule has 2 aromatic heterocycles. The van der Waals surface area contributed by atoms with E-state index in [0.717, 1.165) is 30.4 Å². The molecule has 6 heteroatoms. The summed E-state index contributed by atoms with van der Waals surface area (Å²) in [5.41, 5.74) is 1.63. The van der Waals surface area contributed by atoms with Crippen molar-refractivity contribution in [3.63, 3.8) is 0 Å². The van der Waals surface area contributed by atoms with Crippen molar-refractivity contribution in [1.82, 2.24) is 9.55 Å². The predicted octanol–water partition coefficient (Wildman–Crippen LogP) is 4.25. The van der Waals surface area contributed by atoms with Crippen molar-refractivity contribution < 1.29 is 9.53 Å². The van der Waals surface area contributed by atoms with Crippen LogP contribution >= 0.6 is 11.3 Å². The van der Waals surface area contributed by atoms with Crippen molar-refractivity contribution >= 4 is 27.5 Å². The number of hydrogen-bond donors (Lipinski definition) is 0. The largest absolute Gasteiger partial charge is 0.461 e. The molecule has 0 amide bonds. The Hall–Kier alpha value is -2.47. The summed E-state index contributed by atoms with van der Waals surface area (Å²) < 4.78 is 6.96. The summed E-state index contributed by atoms with van der Waals surface area (Å²) >= 11 is 1.44. The number of benzene rings is 1. The normalized spacial score (nSPS) is 19.9. The van der Waals surface area contributed by atoms with Gasteiger partial charge < -0.3 is 4.74 Å². The average molecular weight is 382 g/mol. The summed E-state index contributed by atoms with van der Waals surface area (Å²) in [6.07, 6.45) is 5.50. The highest BCUT2D eigenvalue weighted by Gasteiger charge is 2.23. The molecule has 140 valence electrons. The van der Waals surface area contributed by atoms with Gasteiger partial charge in [-0.3, -0.25) is 14.2 Å². The molecule has 2 atom stereocenters. The van der Waals surface area contributed by atoms with E-state index >= 15 is 0 Å². The molecule has 1 saturated carbocycles. The molecule has 0 radical (unpaired) electrons. The maximum atomic E-state index is 13.0. The fraction of sp³-hybridized carbons (Fsp3) is 0.381. The number of ether oxygens (including phenoxy) is 1. The van der Waals surface area contributed by atoms with Crippen LogP contribution in [0.15, 0.2) is 46.8 Å². The first kappa shape index (κ1) is 17.9. The van der Waals surface area contributed by atoms with Crippen LogP contribution in [0.5, 0.6) is 0 Å². The topological polar surface area (TPSA) is 61.2 Å². The van der Waals surface area contributed by atoms with Crippen LogP contribution < -0.4 is 5.56 Å². The molecular weight excluding hydrogens is 360 g/mol. The third-order valence-corrected chi connectivity index (χ3v) is 6.02. The number of carbonyl (C=O) groups is 1. The van der Waals surface area contributed by atoms with Gasteiger partial charge in [-0.05, 0) is 30.7 Å². The fourth-order valence-electron chi connectivity index (χ4n) is 3.76. The second-order valence-corrected chi connectivity index (χ2v) is 8.11. The first-order valence-electron chi connectivity index (χ1n) is 9.33. The van der Waals surface area contributed by atoms with Crippen LogP contribution in [-0.4, -0.2) is 21.6 Å². The van der Waals surface area contributed by atoms with Crippen LogP contribution in [0.2, 0.25) is 0 Å². The van der Waals surface area contributed by atoms with Crippen LogP contribution in [-0.2, 0) is 16.1 Å². The van der Waals surface area contributed by atoms with Crippen molar-refractivity contribution in [1.29, 1.82) is 0 Å². The van der Waals surface area contributed by atoms with Crippen molar-refractivity contribution in [3.05, 3.63) is 52.4 Å². The number of esters is 1. The second kappa shape index (κ2) is 7.64. The number of hydrogen-bond acceptors (Lipinski definition) is 5. The summed E-state index contributed by atoms with van der Waals surface area (Å²) in [6, 6.07) is 9.76. The van der Waals surface area contributed by atoms with E-state index in [1.54, 1.807) is 0 Å². The standard InChI is InChI=1S/C21H22N2O3S/c1-14-6-5-9-16(10-14)26-18(24)11-23-13-22-20-19(21(23)25)17(12-27-20)15-7-3-2-4-8-15/h2-4,7-8,12-14,16H,5-6,9-11H2,1H3/t14-,16-/m0/s1. The minimum absolute atomic E-state index is 0.0327. The zero-order valence-electron chi connectivity index (χ0n) is 15.3. The van der Waals surface area contributed by atoms with Crippen LogP contribution in [0.4, 0.5) is 0 Å². The molecule has 0 aliphatic heterocycles. The van der Waals surface area contributed by atoms with E-state index in [9.17, 15) is 9.59 Å². The minimum Gasteiger partial charge on any atom is -0.461 e. The first-order valence-corrected chi connectivity index (χ1v) is 10.2. The summed E-state index contributed by atoms with van der Waals surface area (Å²) in [5.74, 6) is 0.213. The van der Waals surface area contributed by atoms with Crippen LogP contribution in [0, 0.1) is 5.92 Å². The summed E-state index contributed by atoms with van der Waals surface area (Å²) in [7, 11) is 0. The minimum atomic E-state index is -0.367. The van der Waals surface area contributed by atoms with Crippen molar-refractivity contribution in [3.8, 4) is 11.1 Å². The molecule has 1 fully saturated rings. The van der Waals surface area contributed by atoms with Crippen LogP contribution in [0.1, 0.15) is 32.6 Å². The maximum Gasteiger partial charge on any atom is 0.326 e. The average Bonchev–Trinajstić information content (AvgIpc) is 3.10. The molecule has 3 aromatic rings. The molecule has 1 aliphatic rings. The van der Waals surface area contributed by atoms with E-state index in [0.29, 0.717) is 16.1 Å². The zero-order valence-corrected chi connectivity index (χ0v) is 16.1. The number of thiophene rings is 1. The number of fused-ring (bicyclic) bond motifs is 1. The highest BCUT2D eigenvalue weighted by atomic mass is 32.1. The Kier molecular flexibility index (Phi) is 5.07. The van der Waals surface area contributed by atoms with Gasteiger partial charge in [-0.15, -0.1) is 11.3 Å². The maximum absolute atomic E-state index is 13.0. The molecule has 1 aromatic carbocycles. The van der Waals surface area contributed by atoms with Crippen LogP contribution in [0.25, 0.3) is 21.3 Å². The van der Waals surface area contributed by atoms with Gasteiger partial charge in [0.2, 0.25) is 0 Å². The van der Waals surface area contributed by atoms with Crippen molar-refractivity contribution in [2.45, 2.75) is 45.3 Å². The van der Waals surface area contributed by atoms with E-state index in [2.05, 4.69) is 11.9 Å². The predicted molar refractivity (Wildman–Crippen MR) is 107 cm³/mol. The molecule has 0 bridgehead atoms. The summed E-state index contributed by atoms with van der Waals surface area (Å²) in [5, 5.41) is 2.51. The first-order chi connectivity index (χ1) is 13.1. The molecule has 1 aliphatic carbocycles. The van der Waals surface area contributed by atoms with Gasteiger partial charge in [0.25, 0.3) is 5.56 Å². The molecule has 2 heterocycles. The smallest absolute Gasteiger partial charge is 0.326 e. The molecule has 0 spiro atoms. The number of rotatable bonds is 4. The SMILES string of the molecule is C[C@H]1CCC[C@H](OC(=O)Cn2cnc3scc(-c4ccccc4)c3c2=O)C1. The third-order valence-electron chi connectivity index (χ3n) is 5.13. The zero-order chi connectivity index (χ0) is 18.8. The van der Waals surface area contributed by atoms with Gasteiger partial charge in [-0.1, -0.05) is 43.7 Å². The second-order valence-electron chi connectivity index (χ2n) is 7.26. The monoisotopic (exact) mass is 382 g/mol. The Labute approximate surface area is 161 Å². The summed E-state index contributed by atoms with van der Waals surface area (Å²) in [4.78, 5) is 30.4. The quantitative estimate of drug-likeness (QED) is 0.633. The molecule has 0 N–H and O–H groups in total. The van der Waals surface area contributed by atoms with E-state index in [-0.39, 0.29) is 24.2 Å². The van der Waals surface area contributed by atoms with Crippen molar-refractivity contribution in [2.24, 2.45) is 5.92 Å². The van der Waals surface area contributed by atoms with Crippen LogP contribution in [0.3, 0.4) is 0 Å². The van der Waals surface area contributed by atoms with E-state index in [1.807, 2.05) is 35.7 Å². The Balaban J connectivity index is 1.58. The van der Waals surface area contributed by atoms with Gasteiger partial charge in [-0.2, -0.15) is 0 Å². The van der Waals surface area contributed by atoms with Gasteiger partial charge in [0.05, 0.1) is 11.7 Å². The highest BCUT2D eigenvalue weighted by molar-refractivity contribution is 7.17. The molecule has 27 heavy (non-hydrogen) atoms. The van der Waals surface area contributed by atoms with E-state index < -0.39 is 0 Å². The Bertz CT molecular complexity index is 1010. The van der Waals surface area contributed by atoms with Gasteiger partial charge in [0.1, 0.15) is 17.5 Å². The van der Waals surface area contributed by atoms with E-state index in [1.165, 1.54) is 28.7 Å². The van der Waals surface area contributed by atoms with Gasteiger partial charge >= 0.3 is 5.97 Å². The Morgan fingerprint density at radius 1 is 1.30 bits per heavy atom. The highest BCUT2D eigenvalue weighted by Crippen LogP contribution is 2.30. The lowest BCUT2D eigenvalue weighted by molar-refractivity contribution is -0.152. The molecular formula is C21H22N2O3S. The van der Waals surface area contributed by atoms with Crippen molar-refractivity contribution in [2.75, 3.05) is 0 Å². The van der Waals surface area contributed by atoms with E-state index in [4.69, 9.17) is 4.74 Å². The van der Waals surface area contributed by atoms with Gasteiger partial charge in [0.15, 0.2) is 0 Å². The fourth-order valence-corrected chi connectivity index (χ4v) is 4.66. The molecule has 5 nitrogen and oxygen atoms in total. The Morgan fingerprint density at radius 3 is 2.89 bits per heavy atom. The lowest BCUT2D eigenvalue weighted by Crippen LogP contribution is -2.30. The van der Waals surface area contributed by atoms with Gasteiger partial charge in [0, 0.05) is 10.9 Å². The molecule has 4 rings (SSSR count). The lowest BCUT2D eigenvalue weighted by atomic mass is 9.89. The lowest BCUT2D eigenvalue weighted by Gasteiger charge is -2.26. The van der Waals surface area contributed by atoms with Gasteiger partial charge in [-0.25, -0.2) is 4.98 Å². The molecule has 0 unspecified atom stereocenters. The number of aromatic nitrogens is 2. The Morgan fingerprint density at radius 2 is 2.11 bits per heavy atom. The third kappa shape index (κ3) is 3.81.